The van der Waals surface area contributed by atoms with E-state index < -0.39 is 59.2 Å². The SMILES string of the molecule is CNC(C)C(=O)N[C@H]1CCS[C@H]2CC(C)(C)[C@@H](C(=O)NC(COCCOCCOCC(NC(=O)[C@H]3N4C(=O)[C@@H](NC(=O)C(C)NC)CCS[C@H]4CC3(C)C)c3ccccc3)c3ccccc3)N2C1=O.Cl.Cl. The van der Waals surface area contributed by atoms with Crippen molar-refractivity contribution in [2.45, 2.75) is 126 Å². The molecule has 0 bridgehead atoms. The zero-order valence-electron chi connectivity index (χ0n) is 42.2. The Balaban J connectivity index is 0.00000548. The number of nitrogens with zero attached hydrogens (tertiary/aromatic N) is 2. The van der Waals surface area contributed by atoms with Gasteiger partial charge in [0.25, 0.3) is 0 Å². The van der Waals surface area contributed by atoms with E-state index in [4.69, 9.17) is 14.2 Å². The zero-order valence-corrected chi connectivity index (χ0v) is 45.5. The number of rotatable bonds is 22. The molecule has 0 aliphatic carbocycles. The number of likely N-dealkylation sites (N-methyl/N-ethyl adjacent to an activating group) is 2. The van der Waals surface area contributed by atoms with Crippen LogP contribution in [0.1, 0.15) is 90.4 Å². The lowest BCUT2D eigenvalue weighted by Crippen LogP contribution is -2.58. The van der Waals surface area contributed by atoms with Crippen LogP contribution in [0.3, 0.4) is 0 Å². The molecule has 4 aliphatic rings. The molecule has 6 amide bonds. The van der Waals surface area contributed by atoms with Gasteiger partial charge in [0, 0.05) is 0 Å². The van der Waals surface area contributed by atoms with E-state index >= 15 is 0 Å². The molecule has 0 radical (unpaired) electrons. The number of hydrogen-bond acceptors (Lipinski definition) is 13. The predicted octanol–water partition coefficient (Wildman–Crippen LogP) is 3.96. The van der Waals surface area contributed by atoms with Crippen molar-refractivity contribution in [2.75, 3.05) is 65.2 Å². The van der Waals surface area contributed by atoms with Crippen LogP contribution in [0.4, 0.5) is 0 Å². The Morgan fingerprint density at radius 2 is 0.958 bits per heavy atom. The molecule has 4 aliphatic heterocycles. The standard InChI is InChI=1S/C50H74N8O9S2.2ClH/c1-31(51-7)43(59)53-35-19-25-68-39-27-49(3,4)41(57(39)47(35)63)45(61)55-37(33-15-11-9-12-16-33)29-66-23-21-65-22-24-67-30-38(34-17-13-10-14-18-34)56-46(62)42-50(5,6)28-40-58(42)48(64)36(20-26-69-40)54-44(60)32(2)52-8;;/h9-18,31-32,35-42,51-52H,19-30H2,1-8H3,(H,53,59)(H,54,60)(H,55,61)(H,56,62);2*1H/t31?,32?,35-,36-,37?,38?,39-,40-,41+,42+;;/m0../s1. The minimum Gasteiger partial charge on any atom is -0.377 e. The molecular formula is C50H76Cl2N8O9S2. The smallest absolute Gasteiger partial charge is 0.246 e. The molecule has 10 atom stereocenters. The van der Waals surface area contributed by atoms with E-state index in [2.05, 4.69) is 31.9 Å². The molecule has 4 heterocycles. The van der Waals surface area contributed by atoms with E-state index in [9.17, 15) is 28.8 Å². The van der Waals surface area contributed by atoms with E-state index in [1.54, 1.807) is 61.3 Å². The monoisotopic (exact) mass is 1070 g/mol. The summed E-state index contributed by atoms with van der Waals surface area (Å²) in [6.07, 6.45) is 2.26. The van der Waals surface area contributed by atoms with Crippen LogP contribution in [-0.4, -0.2) is 157 Å². The molecule has 17 nitrogen and oxygen atoms in total. The Bertz CT molecular complexity index is 1940. The second-order valence-corrected chi connectivity index (χ2v) is 22.3. The van der Waals surface area contributed by atoms with Crippen LogP contribution in [0.5, 0.6) is 0 Å². The highest BCUT2D eigenvalue weighted by atomic mass is 35.5. The first-order chi connectivity index (χ1) is 33.0. The van der Waals surface area contributed by atoms with Crippen molar-refractivity contribution in [3.8, 4) is 0 Å². The van der Waals surface area contributed by atoms with Crippen LogP contribution in [0, 0.1) is 10.8 Å². The quantitative estimate of drug-likeness (QED) is 0.0925. The topological polar surface area (TPSA) is 209 Å². The minimum atomic E-state index is -0.753. The average molecular weight is 1070 g/mol. The molecule has 71 heavy (non-hydrogen) atoms. The fraction of sp³-hybridized carbons (Fsp3) is 0.640. The molecule has 4 fully saturated rings. The molecule has 6 N–H and O–H groups in total. The Morgan fingerprint density at radius 3 is 1.31 bits per heavy atom. The molecular weight excluding hydrogens is 992 g/mol. The third-order valence-corrected chi connectivity index (χ3v) is 16.2. The molecule has 2 aromatic carbocycles. The van der Waals surface area contributed by atoms with Gasteiger partial charge in [0.2, 0.25) is 35.4 Å². The van der Waals surface area contributed by atoms with Gasteiger partial charge >= 0.3 is 0 Å². The largest absolute Gasteiger partial charge is 0.377 e. The highest BCUT2D eigenvalue weighted by Crippen LogP contribution is 2.48. The van der Waals surface area contributed by atoms with E-state index in [0.29, 0.717) is 37.2 Å². The number of carbonyl (C=O) groups excluding carboxylic acids is 6. The predicted molar refractivity (Wildman–Crippen MR) is 282 cm³/mol. The van der Waals surface area contributed by atoms with Crippen molar-refractivity contribution < 1.29 is 43.0 Å². The van der Waals surface area contributed by atoms with Crippen LogP contribution in [0.2, 0.25) is 0 Å². The molecule has 4 unspecified atom stereocenters. The summed E-state index contributed by atoms with van der Waals surface area (Å²) in [7, 11) is 3.39. The Kier molecular flexibility index (Phi) is 23.3. The van der Waals surface area contributed by atoms with Crippen molar-refractivity contribution in [3.05, 3.63) is 71.8 Å². The summed E-state index contributed by atoms with van der Waals surface area (Å²) < 4.78 is 18.1. The van der Waals surface area contributed by atoms with Gasteiger partial charge in [-0.2, -0.15) is 0 Å². The van der Waals surface area contributed by atoms with Gasteiger partial charge in [0.15, 0.2) is 0 Å². The summed E-state index contributed by atoms with van der Waals surface area (Å²) in [6.45, 7) is 12.9. The number of halogens is 2. The van der Waals surface area contributed by atoms with E-state index in [1.165, 1.54) is 0 Å². The summed E-state index contributed by atoms with van der Waals surface area (Å²) in [5.41, 5.74) is 0.670. The second-order valence-electron chi connectivity index (χ2n) is 19.8. The molecule has 4 saturated heterocycles. The fourth-order valence-corrected chi connectivity index (χ4v) is 12.8. The van der Waals surface area contributed by atoms with Crippen LogP contribution in [0.25, 0.3) is 0 Å². The first-order valence-electron chi connectivity index (χ1n) is 24.2. The van der Waals surface area contributed by atoms with Gasteiger partial charge in [-0.15, -0.1) is 48.3 Å². The van der Waals surface area contributed by atoms with Gasteiger partial charge in [0.05, 0.1) is 74.6 Å². The Morgan fingerprint density at radius 1 is 0.606 bits per heavy atom. The summed E-state index contributed by atoms with van der Waals surface area (Å²) in [6, 6.07) is 14.3. The maximum absolute atomic E-state index is 14.4. The number of benzene rings is 2. The van der Waals surface area contributed by atoms with Gasteiger partial charge in [-0.25, -0.2) is 0 Å². The van der Waals surface area contributed by atoms with Crippen molar-refractivity contribution >= 4 is 83.8 Å². The number of nitrogens with one attached hydrogen (secondary N) is 6. The average Bonchev–Trinajstić information content (AvgIpc) is 3.65. The maximum Gasteiger partial charge on any atom is 0.246 e. The number of hydrogen-bond donors (Lipinski definition) is 6. The number of ether oxygens (including phenoxy) is 3. The van der Waals surface area contributed by atoms with Gasteiger partial charge in [-0.1, -0.05) is 88.4 Å². The molecule has 6 rings (SSSR count). The van der Waals surface area contributed by atoms with Crippen molar-refractivity contribution in [2.24, 2.45) is 10.8 Å². The summed E-state index contributed by atoms with van der Waals surface area (Å²) in [4.78, 5) is 86.0. The van der Waals surface area contributed by atoms with E-state index in [0.717, 1.165) is 11.1 Å². The van der Waals surface area contributed by atoms with E-state index in [-0.39, 0.29) is 111 Å². The Labute approximate surface area is 440 Å². The van der Waals surface area contributed by atoms with Crippen molar-refractivity contribution in [1.82, 2.24) is 41.7 Å². The number of thioether (sulfide) groups is 2. The first-order valence-corrected chi connectivity index (χ1v) is 26.3. The normalized spacial score (nSPS) is 25.1. The number of carbonyl (C=O) groups is 6. The lowest BCUT2D eigenvalue weighted by Gasteiger charge is -2.35. The highest BCUT2D eigenvalue weighted by Gasteiger charge is 2.56. The summed E-state index contributed by atoms with van der Waals surface area (Å²) >= 11 is 3.30. The second kappa shape index (κ2) is 27.6. The maximum atomic E-state index is 14.4. The molecule has 21 heteroatoms. The van der Waals surface area contributed by atoms with Crippen LogP contribution in [0.15, 0.2) is 60.7 Å². The molecule has 2 aromatic rings. The third-order valence-electron chi connectivity index (χ3n) is 13.7. The molecule has 0 spiro atoms. The fourth-order valence-electron chi connectivity index (χ4n) is 9.61. The van der Waals surface area contributed by atoms with Crippen molar-refractivity contribution in [3.63, 3.8) is 0 Å². The number of amides is 6. The number of fused-ring (bicyclic) bond motifs is 2. The van der Waals surface area contributed by atoms with E-state index in [1.807, 2.05) is 88.4 Å². The van der Waals surface area contributed by atoms with Gasteiger partial charge in [0.1, 0.15) is 24.2 Å². The van der Waals surface area contributed by atoms with Gasteiger partial charge in [-0.05, 0) is 87.1 Å². The third kappa shape index (κ3) is 15.2. The van der Waals surface area contributed by atoms with Crippen LogP contribution in [-0.2, 0) is 43.0 Å². The lowest BCUT2D eigenvalue weighted by atomic mass is 9.83. The van der Waals surface area contributed by atoms with Gasteiger partial charge < -0.3 is 55.9 Å². The molecule has 0 saturated carbocycles. The van der Waals surface area contributed by atoms with Crippen molar-refractivity contribution in [1.29, 1.82) is 0 Å². The summed E-state index contributed by atoms with van der Waals surface area (Å²) in [5, 5.41) is 17.7. The summed E-state index contributed by atoms with van der Waals surface area (Å²) in [5.74, 6) is -0.190. The van der Waals surface area contributed by atoms with Crippen LogP contribution >= 0.6 is 48.3 Å². The molecule has 396 valence electrons. The zero-order chi connectivity index (χ0) is 49.9. The van der Waals surface area contributed by atoms with Crippen LogP contribution < -0.4 is 31.9 Å². The van der Waals surface area contributed by atoms with Gasteiger partial charge in [-0.3, -0.25) is 28.8 Å². The molecule has 0 aromatic heterocycles. The highest BCUT2D eigenvalue weighted by molar-refractivity contribution is 8.00. The lowest BCUT2D eigenvalue weighted by molar-refractivity contribution is -0.144. The Hall–Kier alpha value is -3.66. The first kappa shape index (κ1) is 59.9. The minimum absolute atomic E-state index is 0.